The molecule has 2 aromatic heterocycles. The third kappa shape index (κ3) is 4.92. The Morgan fingerprint density at radius 2 is 1.65 bits per heavy atom. The summed E-state index contributed by atoms with van der Waals surface area (Å²) < 4.78 is 31.7. The van der Waals surface area contributed by atoms with Crippen LogP contribution >= 0.6 is 0 Å². The highest BCUT2D eigenvalue weighted by molar-refractivity contribution is 5.80. The van der Waals surface area contributed by atoms with E-state index < -0.39 is 0 Å². The minimum Gasteiger partial charge on any atom is -0.493 e. The minimum atomic E-state index is -0.298. The SMILES string of the molecule is COc1cc(Nc2ncnc(-n3c(NCc4cccc(F)c4)nc4ccccc43)n2)cc(OC)c1OC. The largest absolute Gasteiger partial charge is 0.493 e. The van der Waals surface area contributed by atoms with Crippen molar-refractivity contribution in [3.8, 4) is 23.2 Å². The number of hydrogen-bond donors (Lipinski definition) is 2. The monoisotopic (exact) mass is 501 g/mol. The molecule has 2 heterocycles. The maximum Gasteiger partial charge on any atom is 0.241 e. The van der Waals surface area contributed by atoms with Crippen molar-refractivity contribution >= 4 is 28.6 Å². The summed E-state index contributed by atoms with van der Waals surface area (Å²) >= 11 is 0. The van der Waals surface area contributed by atoms with Gasteiger partial charge in [0.15, 0.2) is 11.5 Å². The van der Waals surface area contributed by atoms with Gasteiger partial charge in [0.25, 0.3) is 0 Å². The van der Waals surface area contributed by atoms with Crippen molar-refractivity contribution in [3.05, 3.63) is 78.4 Å². The van der Waals surface area contributed by atoms with E-state index in [2.05, 4.69) is 25.6 Å². The van der Waals surface area contributed by atoms with Crippen LogP contribution in [0.5, 0.6) is 17.2 Å². The molecule has 0 saturated heterocycles. The first-order valence-corrected chi connectivity index (χ1v) is 11.3. The first-order chi connectivity index (χ1) is 18.1. The lowest BCUT2D eigenvalue weighted by molar-refractivity contribution is 0.324. The maximum atomic E-state index is 13.7. The van der Waals surface area contributed by atoms with Crippen LogP contribution in [0, 0.1) is 5.82 Å². The third-order valence-corrected chi connectivity index (χ3v) is 5.58. The number of nitrogens with zero attached hydrogens (tertiary/aromatic N) is 5. The number of benzene rings is 3. The van der Waals surface area contributed by atoms with Crippen molar-refractivity contribution in [1.29, 1.82) is 0 Å². The van der Waals surface area contributed by atoms with Crippen LogP contribution in [0.2, 0.25) is 0 Å². The maximum absolute atomic E-state index is 13.7. The quantitative estimate of drug-likeness (QED) is 0.296. The molecule has 0 aliphatic rings. The molecule has 5 aromatic rings. The van der Waals surface area contributed by atoms with Gasteiger partial charge < -0.3 is 24.8 Å². The van der Waals surface area contributed by atoms with Crippen LogP contribution < -0.4 is 24.8 Å². The summed E-state index contributed by atoms with van der Waals surface area (Å²) in [5.74, 6) is 2.31. The molecular formula is C26H24FN7O3. The Bertz CT molecular complexity index is 1530. The second-order valence-electron chi connectivity index (χ2n) is 7.89. The number of aromatic nitrogens is 5. The first-order valence-electron chi connectivity index (χ1n) is 11.3. The highest BCUT2D eigenvalue weighted by Crippen LogP contribution is 2.40. The Kier molecular flexibility index (Phi) is 6.66. The molecule has 0 amide bonds. The number of para-hydroxylation sites is 2. The van der Waals surface area contributed by atoms with Gasteiger partial charge in [-0.15, -0.1) is 0 Å². The number of methoxy groups -OCH3 is 3. The Labute approximate surface area is 212 Å². The molecule has 188 valence electrons. The topological polar surface area (TPSA) is 108 Å². The smallest absolute Gasteiger partial charge is 0.241 e. The summed E-state index contributed by atoms with van der Waals surface area (Å²) in [5.41, 5.74) is 2.96. The minimum absolute atomic E-state index is 0.298. The lowest BCUT2D eigenvalue weighted by Crippen LogP contribution is -2.10. The molecule has 0 atom stereocenters. The van der Waals surface area contributed by atoms with E-state index in [4.69, 9.17) is 19.2 Å². The van der Waals surface area contributed by atoms with E-state index in [-0.39, 0.29) is 5.82 Å². The average Bonchev–Trinajstić information content (AvgIpc) is 3.30. The van der Waals surface area contributed by atoms with Crippen LogP contribution in [0.4, 0.5) is 22.0 Å². The number of nitrogens with one attached hydrogen (secondary N) is 2. The lowest BCUT2D eigenvalue weighted by atomic mass is 10.2. The van der Waals surface area contributed by atoms with Gasteiger partial charge in [0.05, 0.1) is 32.4 Å². The molecule has 0 saturated carbocycles. The summed E-state index contributed by atoms with van der Waals surface area (Å²) in [7, 11) is 4.64. The number of halogens is 1. The number of fused-ring (bicyclic) bond motifs is 1. The summed E-state index contributed by atoms with van der Waals surface area (Å²) in [4.78, 5) is 18.0. The zero-order chi connectivity index (χ0) is 25.8. The van der Waals surface area contributed by atoms with Crippen molar-refractivity contribution < 1.29 is 18.6 Å². The van der Waals surface area contributed by atoms with E-state index in [1.165, 1.54) is 18.5 Å². The van der Waals surface area contributed by atoms with E-state index >= 15 is 0 Å². The van der Waals surface area contributed by atoms with Gasteiger partial charge >= 0.3 is 0 Å². The van der Waals surface area contributed by atoms with Crippen LogP contribution in [0.3, 0.4) is 0 Å². The standard InChI is InChI=1S/C26H24FN7O3/c1-35-21-12-18(13-22(36-2)23(21)37-3)31-24-29-15-30-26(33-24)34-20-10-5-4-9-19(20)32-25(34)28-14-16-7-6-8-17(27)11-16/h4-13,15H,14H2,1-3H3,(H,28,32)(H,29,30,31,33). The van der Waals surface area contributed by atoms with Crippen molar-refractivity contribution in [3.63, 3.8) is 0 Å². The van der Waals surface area contributed by atoms with Crippen LogP contribution in [-0.2, 0) is 6.54 Å². The Hall–Kier alpha value is -4.93. The van der Waals surface area contributed by atoms with E-state index in [1.54, 1.807) is 44.1 Å². The Morgan fingerprint density at radius 1 is 0.865 bits per heavy atom. The number of imidazole rings is 1. The van der Waals surface area contributed by atoms with E-state index in [1.807, 2.05) is 30.3 Å². The second-order valence-corrected chi connectivity index (χ2v) is 7.89. The number of hydrogen-bond acceptors (Lipinski definition) is 9. The fraction of sp³-hybridized carbons (Fsp3) is 0.154. The summed E-state index contributed by atoms with van der Waals surface area (Å²) in [6, 6.07) is 17.5. The molecule has 0 fully saturated rings. The summed E-state index contributed by atoms with van der Waals surface area (Å²) in [6.07, 6.45) is 1.41. The van der Waals surface area contributed by atoms with Gasteiger partial charge in [-0.25, -0.2) is 23.9 Å². The molecule has 37 heavy (non-hydrogen) atoms. The first kappa shape index (κ1) is 23.8. The molecule has 0 unspecified atom stereocenters. The van der Waals surface area contributed by atoms with Crippen molar-refractivity contribution in [1.82, 2.24) is 24.5 Å². The number of rotatable bonds is 9. The molecule has 0 aliphatic carbocycles. The third-order valence-electron chi connectivity index (χ3n) is 5.58. The van der Waals surface area contributed by atoms with Crippen molar-refractivity contribution in [2.75, 3.05) is 32.0 Å². The van der Waals surface area contributed by atoms with E-state index in [0.29, 0.717) is 47.3 Å². The highest BCUT2D eigenvalue weighted by Gasteiger charge is 2.17. The molecule has 2 N–H and O–H groups in total. The number of anilines is 3. The highest BCUT2D eigenvalue weighted by atomic mass is 19.1. The second kappa shape index (κ2) is 10.4. The summed E-state index contributed by atoms with van der Waals surface area (Å²) in [6.45, 7) is 0.364. The summed E-state index contributed by atoms with van der Waals surface area (Å²) in [5, 5.41) is 6.44. The van der Waals surface area contributed by atoms with Gasteiger partial charge in [-0.1, -0.05) is 24.3 Å². The van der Waals surface area contributed by atoms with Gasteiger partial charge in [0.2, 0.25) is 23.6 Å². The fourth-order valence-electron chi connectivity index (χ4n) is 3.91. The van der Waals surface area contributed by atoms with Gasteiger partial charge in [-0.3, -0.25) is 0 Å². The van der Waals surface area contributed by atoms with Crippen LogP contribution in [-0.4, -0.2) is 45.8 Å². The molecule has 0 bridgehead atoms. The molecular weight excluding hydrogens is 477 g/mol. The normalized spacial score (nSPS) is 10.8. The Morgan fingerprint density at radius 3 is 2.38 bits per heavy atom. The molecule has 11 heteroatoms. The van der Waals surface area contributed by atoms with Crippen molar-refractivity contribution in [2.24, 2.45) is 0 Å². The molecule has 10 nitrogen and oxygen atoms in total. The van der Waals surface area contributed by atoms with Crippen molar-refractivity contribution in [2.45, 2.75) is 6.54 Å². The fourth-order valence-corrected chi connectivity index (χ4v) is 3.91. The van der Waals surface area contributed by atoms with Crippen LogP contribution in [0.25, 0.3) is 17.0 Å². The van der Waals surface area contributed by atoms with Gasteiger partial charge in [-0.05, 0) is 29.8 Å². The molecule has 0 spiro atoms. The molecule has 3 aromatic carbocycles. The lowest BCUT2D eigenvalue weighted by Gasteiger charge is -2.15. The van der Waals surface area contributed by atoms with Gasteiger partial charge in [0.1, 0.15) is 12.1 Å². The number of ether oxygens (including phenoxy) is 3. The Balaban J connectivity index is 1.50. The van der Waals surface area contributed by atoms with Crippen LogP contribution in [0.15, 0.2) is 67.0 Å². The van der Waals surface area contributed by atoms with Crippen LogP contribution in [0.1, 0.15) is 5.56 Å². The zero-order valence-corrected chi connectivity index (χ0v) is 20.4. The molecule has 5 rings (SSSR count). The van der Waals surface area contributed by atoms with Gasteiger partial charge in [-0.2, -0.15) is 4.98 Å². The molecule has 0 aliphatic heterocycles. The van der Waals surface area contributed by atoms with E-state index in [0.717, 1.165) is 16.6 Å². The predicted molar refractivity (Wildman–Crippen MR) is 138 cm³/mol. The predicted octanol–water partition coefficient (Wildman–Crippen LogP) is 4.73. The zero-order valence-electron chi connectivity index (χ0n) is 20.4. The van der Waals surface area contributed by atoms with E-state index in [9.17, 15) is 4.39 Å². The molecule has 0 radical (unpaired) electrons. The average molecular weight is 502 g/mol. The van der Waals surface area contributed by atoms with Gasteiger partial charge in [0, 0.05) is 24.4 Å².